The van der Waals surface area contributed by atoms with Crippen LogP contribution in [0.1, 0.15) is 53.1 Å². The first kappa shape index (κ1) is 18.2. The molecule has 2 heterocycles. The van der Waals surface area contributed by atoms with Gasteiger partial charge in [-0.15, -0.1) is 0 Å². The second-order valence-corrected chi connectivity index (χ2v) is 7.21. The molecule has 1 aromatic heterocycles. The van der Waals surface area contributed by atoms with Gasteiger partial charge in [0.05, 0.1) is 11.6 Å². The number of benzene rings is 1. The number of primary amides is 1. The first-order valence-corrected chi connectivity index (χ1v) is 9.22. The number of nitrogens with zero attached hydrogens (tertiary/aromatic N) is 2. The average molecular weight is 353 g/mol. The van der Waals surface area contributed by atoms with Crippen molar-refractivity contribution in [2.75, 3.05) is 13.1 Å². The fraction of sp³-hybridized carbons (Fsp3) is 0.429. The molecule has 2 N–H and O–H groups in total. The van der Waals surface area contributed by atoms with Gasteiger partial charge in [-0.05, 0) is 45.2 Å². The van der Waals surface area contributed by atoms with Crippen molar-refractivity contribution in [2.45, 2.75) is 39.7 Å². The number of amides is 2. The summed E-state index contributed by atoms with van der Waals surface area (Å²) in [6.07, 6.45) is 1.31. The van der Waals surface area contributed by atoms with Crippen LogP contribution in [0.3, 0.4) is 0 Å². The Balaban J connectivity index is 1.82. The van der Waals surface area contributed by atoms with E-state index in [1.807, 2.05) is 43.0 Å². The lowest BCUT2D eigenvalue weighted by molar-refractivity contribution is -0.123. The molecule has 1 aliphatic rings. The van der Waals surface area contributed by atoms with E-state index in [1.54, 1.807) is 0 Å². The summed E-state index contributed by atoms with van der Waals surface area (Å²) in [6.45, 7) is 7.38. The molecule has 1 saturated heterocycles. The highest BCUT2D eigenvalue weighted by atomic mass is 16.2. The SMILES string of the molecule is Cc1cc(C(=O)N2CCC(C(N)=O)CC2)c(C)n1[C@H](C)c1ccccc1. The number of nitrogens with two attached hydrogens (primary N) is 1. The molecule has 26 heavy (non-hydrogen) atoms. The summed E-state index contributed by atoms with van der Waals surface area (Å²) >= 11 is 0. The number of aromatic nitrogens is 1. The fourth-order valence-corrected chi connectivity index (χ4v) is 4.01. The molecule has 3 rings (SSSR count). The molecule has 5 heteroatoms. The maximum absolute atomic E-state index is 13.0. The average Bonchev–Trinajstić information content (AvgIpc) is 2.95. The Morgan fingerprint density at radius 1 is 1.12 bits per heavy atom. The van der Waals surface area contributed by atoms with Crippen LogP contribution in [0, 0.1) is 19.8 Å². The van der Waals surface area contributed by atoms with Gasteiger partial charge in [0, 0.05) is 30.4 Å². The minimum atomic E-state index is -0.257. The van der Waals surface area contributed by atoms with Crippen LogP contribution in [0.2, 0.25) is 0 Å². The highest BCUT2D eigenvalue weighted by molar-refractivity contribution is 5.96. The molecule has 0 spiro atoms. The Bertz CT molecular complexity index is 802. The Kier molecular flexibility index (Phi) is 5.16. The van der Waals surface area contributed by atoms with E-state index in [-0.39, 0.29) is 23.8 Å². The predicted molar refractivity (Wildman–Crippen MR) is 102 cm³/mol. The third-order valence-electron chi connectivity index (χ3n) is 5.57. The monoisotopic (exact) mass is 353 g/mol. The molecule has 0 aliphatic carbocycles. The minimum absolute atomic E-state index is 0.0486. The summed E-state index contributed by atoms with van der Waals surface area (Å²) in [6, 6.07) is 12.5. The predicted octanol–water partition coefficient (Wildman–Crippen LogP) is 3.05. The molecule has 0 unspecified atom stereocenters. The van der Waals surface area contributed by atoms with Crippen molar-refractivity contribution in [2.24, 2.45) is 11.7 Å². The molecule has 1 aliphatic heterocycles. The zero-order valence-corrected chi connectivity index (χ0v) is 15.7. The molecular weight excluding hydrogens is 326 g/mol. The molecule has 1 aromatic carbocycles. The number of likely N-dealkylation sites (tertiary alicyclic amines) is 1. The maximum Gasteiger partial charge on any atom is 0.255 e. The lowest BCUT2D eigenvalue weighted by Crippen LogP contribution is -2.41. The van der Waals surface area contributed by atoms with Crippen molar-refractivity contribution in [1.29, 1.82) is 0 Å². The van der Waals surface area contributed by atoms with Gasteiger partial charge in [-0.2, -0.15) is 0 Å². The van der Waals surface area contributed by atoms with Crippen LogP contribution in [0.15, 0.2) is 36.4 Å². The largest absolute Gasteiger partial charge is 0.369 e. The van der Waals surface area contributed by atoms with Gasteiger partial charge in [0.2, 0.25) is 5.91 Å². The zero-order valence-electron chi connectivity index (χ0n) is 15.7. The van der Waals surface area contributed by atoms with Crippen LogP contribution >= 0.6 is 0 Å². The summed E-state index contributed by atoms with van der Waals surface area (Å²) in [4.78, 5) is 26.2. The van der Waals surface area contributed by atoms with Crippen LogP contribution in [-0.4, -0.2) is 34.4 Å². The van der Waals surface area contributed by atoms with E-state index in [9.17, 15) is 9.59 Å². The van der Waals surface area contributed by atoms with Gasteiger partial charge in [-0.25, -0.2) is 0 Å². The molecule has 5 nitrogen and oxygen atoms in total. The zero-order chi connectivity index (χ0) is 18.8. The van der Waals surface area contributed by atoms with E-state index in [0.29, 0.717) is 25.9 Å². The summed E-state index contributed by atoms with van der Waals surface area (Å²) in [5.41, 5.74) is 9.43. The van der Waals surface area contributed by atoms with Crippen LogP contribution < -0.4 is 5.73 Å². The van der Waals surface area contributed by atoms with Crippen LogP contribution in [-0.2, 0) is 4.79 Å². The van der Waals surface area contributed by atoms with E-state index in [1.165, 1.54) is 5.56 Å². The molecule has 2 amide bonds. The molecule has 1 atom stereocenters. The van der Waals surface area contributed by atoms with Gasteiger partial charge in [0.15, 0.2) is 0 Å². The minimum Gasteiger partial charge on any atom is -0.369 e. The van der Waals surface area contributed by atoms with Crippen LogP contribution in [0.4, 0.5) is 0 Å². The molecule has 138 valence electrons. The normalized spacial score (nSPS) is 16.5. The number of carbonyl (C=O) groups excluding carboxylic acids is 2. The third-order valence-corrected chi connectivity index (χ3v) is 5.57. The standard InChI is InChI=1S/C21H27N3O2/c1-14-13-19(21(26)23-11-9-18(10-12-23)20(22)25)16(3)24(14)15(2)17-7-5-4-6-8-17/h4-8,13,15,18H,9-12H2,1-3H3,(H2,22,25)/t15-/m1/s1. The van der Waals surface area contributed by atoms with Gasteiger partial charge in [0.1, 0.15) is 0 Å². The van der Waals surface area contributed by atoms with E-state index in [4.69, 9.17) is 5.73 Å². The molecule has 0 saturated carbocycles. The van der Waals surface area contributed by atoms with Gasteiger partial charge in [0.25, 0.3) is 5.91 Å². The highest BCUT2D eigenvalue weighted by Gasteiger charge is 2.28. The maximum atomic E-state index is 13.0. The number of piperidine rings is 1. The summed E-state index contributed by atoms with van der Waals surface area (Å²) < 4.78 is 2.22. The topological polar surface area (TPSA) is 68.3 Å². The van der Waals surface area contributed by atoms with Crippen molar-refractivity contribution in [3.05, 3.63) is 58.9 Å². The number of rotatable bonds is 4. The second kappa shape index (κ2) is 7.36. The lowest BCUT2D eigenvalue weighted by Gasteiger charge is -2.30. The molecule has 0 radical (unpaired) electrons. The van der Waals surface area contributed by atoms with Crippen molar-refractivity contribution in [1.82, 2.24) is 9.47 Å². The fourth-order valence-electron chi connectivity index (χ4n) is 4.01. The first-order valence-electron chi connectivity index (χ1n) is 9.22. The number of hydrogen-bond acceptors (Lipinski definition) is 2. The Hall–Kier alpha value is -2.56. The second-order valence-electron chi connectivity index (χ2n) is 7.21. The quantitative estimate of drug-likeness (QED) is 0.918. The lowest BCUT2D eigenvalue weighted by atomic mass is 9.96. The Morgan fingerprint density at radius 2 is 1.73 bits per heavy atom. The van der Waals surface area contributed by atoms with E-state index in [0.717, 1.165) is 17.0 Å². The molecular formula is C21H27N3O2. The smallest absolute Gasteiger partial charge is 0.255 e. The number of aryl methyl sites for hydroxylation is 1. The summed E-state index contributed by atoms with van der Waals surface area (Å²) in [7, 11) is 0. The van der Waals surface area contributed by atoms with E-state index >= 15 is 0 Å². The van der Waals surface area contributed by atoms with Crippen LogP contribution in [0.5, 0.6) is 0 Å². The molecule has 0 bridgehead atoms. The summed E-state index contributed by atoms with van der Waals surface area (Å²) in [5.74, 6) is -0.316. The van der Waals surface area contributed by atoms with E-state index in [2.05, 4.69) is 23.6 Å². The van der Waals surface area contributed by atoms with Crippen molar-refractivity contribution < 1.29 is 9.59 Å². The van der Waals surface area contributed by atoms with E-state index < -0.39 is 0 Å². The van der Waals surface area contributed by atoms with Gasteiger partial charge >= 0.3 is 0 Å². The summed E-state index contributed by atoms with van der Waals surface area (Å²) in [5, 5.41) is 0. The first-order chi connectivity index (χ1) is 12.4. The molecule has 1 fully saturated rings. The van der Waals surface area contributed by atoms with Crippen molar-refractivity contribution in [3.8, 4) is 0 Å². The Morgan fingerprint density at radius 3 is 2.31 bits per heavy atom. The van der Waals surface area contributed by atoms with Crippen LogP contribution in [0.25, 0.3) is 0 Å². The van der Waals surface area contributed by atoms with Crippen molar-refractivity contribution >= 4 is 11.8 Å². The highest BCUT2D eigenvalue weighted by Crippen LogP contribution is 2.27. The van der Waals surface area contributed by atoms with Gasteiger partial charge in [-0.1, -0.05) is 30.3 Å². The van der Waals surface area contributed by atoms with Gasteiger partial charge in [-0.3, -0.25) is 9.59 Å². The third kappa shape index (κ3) is 3.39. The Labute approximate surface area is 154 Å². The number of hydrogen-bond donors (Lipinski definition) is 1. The van der Waals surface area contributed by atoms with Gasteiger partial charge < -0.3 is 15.2 Å². The molecule has 2 aromatic rings. The number of carbonyl (C=O) groups is 2. The van der Waals surface area contributed by atoms with Crippen molar-refractivity contribution in [3.63, 3.8) is 0 Å².